The van der Waals surface area contributed by atoms with Crippen LogP contribution in [0.3, 0.4) is 0 Å². The van der Waals surface area contributed by atoms with Crippen LogP contribution < -0.4 is 5.32 Å². The number of para-hydroxylation sites is 1. The summed E-state index contributed by atoms with van der Waals surface area (Å²) in [6.07, 6.45) is 2.11. The van der Waals surface area contributed by atoms with E-state index in [1.807, 2.05) is 6.07 Å². The van der Waals surface area contributed by atoms with Crippen LogP contribution in [0, 0.1) is 22.0 Å². The predicted octanol–water partition coefficient (Wildman–Crippen LogP) is 4.12. The molecular formula is C17H13BrN2O2. The maximum atomic E-state index is 11.0. The Labute approximate surface area is 136 Å². The monoisotopic (exact) mass is 356 g/mol. The van der Waals surface area contributed by atoms with E-state index in [-0.39, 0.29) is 5.69 Å². The summed E-state index contributed by atoms with van der Waals surface area (Å²) in [5.41, 5.74) is 3.60. The van der Waals surface area contributed by atoms with Crippen LogP contribution in [-0.2, 0) is 6.42 Å². The lowest BCUT2D eigenvalue weighted by Gasteiger charge is -2.19. The molecule has 0 aliphatic carbocycles. The first kappa shape index (κ1) is 14.6. The molecule has 5 heteroatoms. The molecule has 1 aliphatic rings. The molecule has 0 bridgehead atoms. The fourth-order valence-corrected chi connectivity index (χ4v) is 3.04. The third-order valence-electron chi connectivity index (χ3n) is 3.54. The van der Waals surface area contributed by atoms with Crippen LogP contribution in [0.4, 0.5) is 11.4 Å². The number of nitrogens with one attached hydrogen (secondary N) is 1. The maximum absolute atomic E-state index is 11.0. The Morgan fingerprint density at radius 3 is 2.77 bits per heavy atom. The van der Waals surface area contributed by atoms with Crippen molar-refractivity contribution >= 4 is 27.3 Å². The minimum atomic E-state index is -0.404. The largest absolute Gasteiger partial charge is 0.384 e. The van der Waals surface area contributed by atoms with Crippen molar-refractivity contribution < 1.29 is 4.92 Å². The predicted molar refractivity (Wildman–Crippen MR) is 90.0 cm³/mol. The molecule has 0 aromatic heterocycles. The Morgan fingerprint density at radius 2 is 1.95 bits per heavy atom. The van der Waals surface area contributed by atoms with Gasteiger partial charge in [0.25, 0.3) is 5.69 Å². The van der Waals surface area contributed by atoms with Gasteiger partial charge in [-0.15, -0.1) is 0 Å². The third kappa shape index (κ3) is 2.97. The van der Waals surface area contributed by atoms with Crippen LogP contribution in [0.5, 0.6) is 0 Å². The van der Waals surface area contributed by atoms with Crippen LogP contribution in [-0.4, -0.2) is 11.5 Å². The number of nitro groups is 1. The van der Waals surface area contributed by atoms with Gasteiger partial charge in [0, 0.05) is 22.6 Å². The molecule has 0 spiro atoms. The molecule has 1 N–H and O–H groups in total. The summed E-state index contributed by atoms with van der Waals surface area (Å²) in [4.78, 5) is 10.6. The first-order valence-electron chi connectivity index (χ1n) is 6.97. The van der Waals surface area contributed by atoms with Gasteiger partial charge >= 0.3 is 0 Å². The topological polar surface area (TPSA) is 55.2 Å². The molecule has 0 unspecified atom stereocenters. The minimum absolute atomic E-state index is 0.0341. The number of halogens is 1. The fraction of sp³-hybridized carbons (Fsp3) is 0.176. The van der Waals surface area contributed by atoms with Crippen molar-refractivity contribution in [2.45, 2.75) is 12.8 Å². The van der Waals surface area contributed by atoms with E-state index in [0.717, 1.165) is 35.1 Å². The SMILES string of the molecule is O=[N+]([O-])c1ccccc1C#Cc1cc(Br)cc2c1NCCC2. The van der Waals surface area contributed by atoms with Gasteiger partial charge in [0.05, 0.1) is 10.6 Å². The van der Waals surface area contributed by atoms with E-state index < -0.39 is 4.92 Å². The number of hydrogen-bond acceptors (Lipinski definition) is 3. The number of aryl methyl sites for hydroxylation is 1. The molecular weight excluding hydrogens is 344 g/mol. The zero-order chi connectivity index (χ0) is 15.5. The molecule has 0 amide bonds. The summed E-state index contributed by atoms with van der Waals surface area (Å²) in [6.45, 7) is 0.925. The third-order valence-corrected chi connectivity index (χ3v) is 4.00. The second-order valence-electron chi connectivity index (χ2n) is 5.04. The van der Waals surface area contributed by atoms with Gasteiger partial charge in [-0.1, -0.05) is 39.9 Å². The Hall–Kier alpha value is -2.32. The lowest BCUT2D eigenvalue weighted by molar-refractivity contribution is -0.385. The van der Waals surface area contributed by atoms with E-state index in [9.17, 15) is 10.1 Å². The van der Waals surface area contributed by atoms with Crippen LogP contribution in [0.1, 0.15) is 23.1 Å². The van der Waals surface area contributed by atoms with Crippen molar-refractivity contribution in [3.8, 4) is 11.8 Å². The van der Waals surface area contributed by atoms with Gasteiger partial charge in [-0.25, -0.2) is 0 Å². The smallest absolute Gasteiger partial charge is 0.284 e. The average molecular weight is 357 g/mol. The summed E-state index contributed by atoms with van der Waals surface area (Å²) in [7, 11) is 0. The molecule has 4 nitrogen and oxygen atoms in total. The lowest BCUT2D eigenvalue weighted by Crippen LogP contribution is -2.13. The van der Waals surface area contributed by atoms with Crippen molar-refractivity contribution in [3.05, 3.63) is 67.7 Å². The molecule has 2 aromatic carbocycles. The summed E-state index contributed by atoms with van der Waals surface area (Å²) in [5, 5.41) is 14.4. The molecule has 1 aliphatic heterocycles. The number of anilines is 1. The Bertz CT molecular complexity index is 806. The zero-order valence-corrected chi connectivity index (χ0v) is 13.3. The van der Waals surface area contributed by atoms with Gasteiger partial charge in [0.2, 0.25) is 0 Å². The molecule has 0 saturated carbocycles. The van der Waals surface area contributed by atoms with Gasteiger partial charge < -0.3 is 5.32 Å². The number of benzene rings is 2. The Kier molecular flexibility index (Phi) is 4.12. The standard InChI is InChI=1S/C17H13BrN2O2/c18-15-10-13-5-3-9-19-17(13)14(11-15)8-7-12-4-1-2-6-16(12)20(21)22/h1-2,4,6,10-11,19H,3,5,9H2. The molecule has 3 rings (SSSR count). The number of nitrogens with zero attached hydrogens (tertiary/aromatic N) is 1. The highest BCUT2D eigenvalue weighted by molar-refractivity contribution is 9.10. The number of nitro benzene ring substituents is 1. The summed E-state index contributed by atoms with van der Waals surface area (Å²) < 4.78 is 0.974. The summed E-state index contributed by atoms with van der Waals surface area (Å²) in [5.74, 6) is 6.01. The number of rotatable bonds is 1. The molecule has 0 saturated heterocycles. The second kappa shape index (κ2) is 6.20. The van der Waals surface area contributed by atoms with Crippen LogP contribution in [0.15, 0.2) is 40.9 Å². The fourth-order valence-electron chi connectivity index (χ4n) is 2.53. The summed E-state index contributed by atoms with van der Waals surface area (Å²) >= 11 is 3.50. The highest BCUT2D eigenvalue weighted by atomic mass is 79.9. The second-order valence-corrected chi connectivity index (χ2v) is 5.96. The van der Waals surface area contributed by atoms with Gasteiger partial charge in [0.15, 0.2) is 0 Å². The lowest BCUT2D eigenvalue weighted by atomic mass is 9.99. The molecule has 22 heavy (non-hydrogen) atoms. The molecule has 2 aromatic rings. The maximum Gasteiger partial charge on any atom is 0.284 e. The quantitative estimate of drug-likeness (QED) is 0.475. The van der Waals surface area contributed by atoms with E-state index >= 15 is 0 Å². The number of hydrogen-bond donors (Lipinski definition) is 1. The highest BCUT2D eigenvalue weighted by Gasteiger charge is 2.13. The van der Waals surface area contributed by atoms with Crippen LogP contribution >= 0.6 is 15.9 Å². The Balaban J connectivity index is 2.05. The molecule has 110 valence electrons. The van der Waals surface area contributed by atoms with Crippen molar-refractivity contribution in [3.63, 3.8) is 0 Å². The molecule has 0 fully saturated rings. The van der Waals surface area contributed by atoms with Crippen LogP contribution in [0.25, 0.3) is 0 Å². The van der Waals surface area contributed by atoms with Crippen molar-refractivity contribution in [2.24, 2.45) is 0 Å². The first-order chi connectivity index (χ1) is 10.6. The molecule has 1 heterocycles. The van der Waals surface area contributed by atoms with Crippen molar-refractivity contribution in [2.75, 3.05) is 11.9 Å². The van der Waals surface area contributed by atoms with E-state index in [1.54, 1.807) is 18.2 Å². The summed E-state index contributed by atoms with van der Waals surface area (Å²) in [6, 6.07) is 10.6. The van der Waals surface area contributed by atoms with Gasteiger partial charge in [0.1, 0.15) is 5.56 Å². The van der Waals surface area contributed by atoms with E-state index in [1.165, 1.54) is 11.6 Å². The highest BCUT2D eigenvalue weighted by Crippen LogP contribution is 2.29. The van der Waals surface area contributed by atoms with Gasteiger partial charge in [-0.3, -0.25) is 10.1 Å². The van der Waals surface area contributed by atoms with Gasteiger partial charge in [-0.05, 0) is 36.6 Å². The molecule has 0 atom stereocenters. The minimum Gasteiger partial charge on any atom is -0.384 e. The van der Waals surface area contributed by atoms with Crippen molar-refractivity contribution in [1.82, 2.24) is 0 Å². The first-order valence-corrected chi connectivity index (χ1v) is 7.76. The molecule has 0 radical (unpaired) electrons. The van der Waals surface area contributed by atoms with Crippen LogP contribution in [0.2, 0.25) is 0 Å². The average Bonchev–Trinajstić information content (AvgIpc) is 2.52. The zero-order valence-electron chi connectivity index (χ0n) is 11.7. The number of fused-ring (bicyclic) bond motifs is 1. The van der Waals surface area contributed by atoms with Crippen molar-refractivity contribution in [1.29, 1.82) is 0 Å². The van der Waals surface area contributed by atoms with E-state index in [4.69, 9.17) is 0 Å². The normalized spacial score (nSPS) is 12.6. The Morgan fingerprint density at radius 1 is 1.18 bits per heavy atom. The van der Waals surface area contributed by atoms with E-state index in [0.29, 0.717) is 5.56 Å². The van der Waals surface area contributed by atoms with E-state index in [2.05, 4.69) is 39.2 Å². The van der Waals surface area contributed by atoms with Gasteiger partial charge in [-0.2, -0.15) is 0 Å².